The Labute approximate surface area is 128 Å². The molecule has 21 heavy (non-hydrogen) atoms. The monoisotopic (exact) mass is 283 g/mol. The van der Waals surface area contributed by atoms with Gasteiger partial charge in [-0.1, -0.05) is 48.5 Å². The van der Waals surface area contributed by atoms with Crippen LogP contribution in [0.4, 0.5) is 0 Å². The van der Waals surface area contributed by atoms with Crippen molar-refractivity contribution in [2.75, 3.05) is 13.7 Å². The molecule has 2 aromatic carbocycles. The van der Waals surface area contributed by atoms with Gasteiger partial charge in [0.05, 0.1) is 6.61 Å². The third kappa shape index (κ3) is 4.91. The number of nitrogens with one attached hydrogen (secondary N) is 1. The highest BCUT2D eigenvalue weighted by atomic mass is 16.5. The SMILES string of the molecule is CNC(C)c1ccccc1OCCCCc1ccccc1. The van der Waals surface area contributed by atoms with Crippen LogP contribution >= 0.6 is 0 Å². The average Bonchev–Trinajstić information content (AvgIpc) is 2.55. The maximum Gasteiger partial charge on any atom is 0.124 e. The molecule has 1 unspecified atom stereocenters. The van der Waals surface area contributed by atoms with Crippen molar-refractivity contribution in [3.8, 4) is 5.75 Å². The standard InChI is InChI=1S/C19H25NO/c1-16(20-2)18-13-6-7-14-19(18)21-15-9-8-12-17-10-4-3-5-11-17/h3-7,10-11,13-14,16,20H,8-9,12,15H2,1-2H3. The summed E-state index contributed by atoms with van der Waals surface area (Å²) >= 11 is 0. The molecule has 2 aromatic rings. The second-order valence-electron chi connectivity index (χ2n) is 5.34. The van der Waals surface area contributed by atoms with Gasteiger partial charge in [0.1, 0.15) is 5.75 Å². The first-order valence-electron chi connectivity index (χ1n) is 7.74. The van der Waals surface area contributed by atoms with Crippen molar-refractivity contribution in [2.24, 2.45) is 0 Å². The van der Waals surface area contributed by atoms with Crippen molar-refractivity contribution >= 4 is 0 Å². The van der Waals surface area contributed by atoms with E-state index in [1.165, 1.54) is 11.1 Å². The van der Waals surface area contributed by atoms with Crippen molar-refractivity contribution in [1.82, 2.24) is 5.32 Å². The Kier molecular flexibility index (Phi) is 6.29. The minimum atomic E-state index is 0.311. The molecular weight excluding hydrogens is 258 g/mol. The normalized spacial score (nSPS) is 12.1. The fourth-order valence-corrected chi connectivity index (χ4v) is 2.38. The van der Waals surface area contributed by atoms with Crippen LogP contribution in [0.1, 0.15) is 36.9 Å². The number of unbranched alkanes of at least 4 members (excludes halogenated alkanes) is 1. The summed E-state index contributed by atoms with van der Waals surface area (Å²) in [5.41, 5.74) is 2.63. The molecule has 0 heterocycles. The molecule has 0 aromatic heterocycles. The Morgan fingerprint density at radius 3 is 2.43 bits per heavy atom. The van der Waals surface area contributed by atoms with Gasteiger partial charge in [-0.15, -0.1) is 0 Å². The predicted octanol–water partition coefficient (Wildman–Crippen LogP) is 4.37. The molecule has 0 radical (unpaired) electrons. The zero-order valence-electron chi connectivity index (χ0n) is 13.0. The number of para-hydroxylation sites is 1. The number of aryl methyl sites for hydroxylation is 1. The largest absolute Gasteiger partial charge is 0.493 e. The fraction of sp³-hybridized carbons (Fsp3) is 0.368. The maximum atomic E-state index is 5.96. The predicted molar refractivity (Wildman–Crippen MR) is 88.8 cm³/mol. The first-order valence-corrected chi connectivity index (χ1v) is 7.74. The highest BCUT2D eigenvalue weighted by molar-refractivity contribution is 5.35. The molecule has 0 saturated heterocycles. The third-order valence-corrected chi connectivity index (χ3v) is 3.78. The lowest BCUT2D eigenvalue weighted by molar-refractivity contribution is 0.301. The van der Waals surface area contributed by atoms with Gasteiger partial charge in [0.25, 0.3) is 0 Å². The third-order valence-electron chi connectivity index (χ3n) is 3.78. The molecule has 2 rings (SSSR count). The van der Waals surface area contributed by atoms with Crippen molar-refractivity contribution in [3.05, 3.63) is 65.7 Å². The second-order valence-corrected chi connectivity index (χ2v) is 5.34. The zero-order valence-corrected chi connectivity index (χ0v) is 13.0. The van der Waals surface area contributed by atoms with Gasteiger partial charge in [-0.05, 0) is 44.9 Å². The molecule has 0 aliphatic heterocycles. The number of ether oxygens (including phenoxy) is 1. The van der Waals surface area contributed by atoms with Gasteiger partial charge in [0.2, 0.25) is 0 Å². The summed E-state index contributed by atoms with van der Waals surface area (Å²) in [4.78, 5) is 0. The van der Waals surface area contributed by atoms with Gasteiger partial charge in [-0.3, -0.25) is 0 Å². The molecule has 2 nitrogen and oxygen atoms in total. The van der Waals surface area contributed by atoms with Crippen LogP contribution in [0.2, 0.25) is 0 Å². The second kappa shape index (κ2) is 8.48. The van der Waals surface area contributed by atoms with E-state index in [9.17, 15) is 0 Å². The lowest BCUT2D eigenvalue weighted by atomic mass is 10.1. The van der Waals surface area contributed by atoms with Gasteiger partial charge in [-0.25, -0.2) is 0 Å². The molecule has 0 saturated carbocycles. The molecule has 1 N–H and O–H groups in total. The number of benzene rings is 2. The zero-order chi connectivity index (χ0) is 14.9. The molecule has 0 amide bonds. The van der Waals surface area contributed by atoms with E-state index in [0.29, 0.717) is 6.04 Å². The van der Waals surface area contributed by atoms with E-state index in [4.69, 9.17) is 4.74 Å². The Morgan fingerprint density at radius 1 is 0.952 bits per heavy atom. The van der Waals surface area contributed by atoms with Crippen LogP contribution < -0.4 is 10.1 Å². The summed E-state index contributed by atoms with van der Waals surface area (Å²) in [5.74, 6) is 0.999. The first-order chi connectivity index (χ1) is 10.3. The van der Waals surface area contributed by atoms with E-state index in [0.717, 1.165) is 31.6 Å². The summed E-state index contributed by atoms with van der Waals surface area (Å²) in [5, 5.41) is 3.26. The summed E-state index contributed by atoms with van der Waals surface area (Å²) in [6, 6.07) is 19.2. The molecule has 1 atom stereocenters. The van der Waals surface area contributed by atoms with E-state index in [-0.39, 0.29) is 0 Å². The van der Waals surface area contributed by atoms with Crippen molar-refractivity contribution in [3.63, 3.8) is 0 Å². The van der Waals surface area contributed by atoms with Gasteiger partial charge in [0, 0.05) is 11.6 Å². The molecule has 2 heteroatoms. The lowest BCUT2D eigenvalue weighted by Gasteiger charge is -2.16. The Bertz CT molecular complexity index is 524. The number of hydrogen-bond acceptors (Lipinski definition) is 2. The van der Waals surface area contributed by atoms with Gasteiger partial charge >= 0.3 is 0 Å². The molecular formula is C19H25NO. The first kappa shape index (κ1) is 15.6. The van der Waals surface area contributed by atoms with Crippen LogP contribution in [0.25, 0.3) is 0 Å². The van der Waals surface area contributed by atoms with Crippen LogP contribution in [0.3, 0.4) is 0 Å². The molecule has 0 spiro atoms. The molecule has 0 fully saturated rings. The van der Waals surface area contributed by atoms with Crippen LogP contribution in [0, 0.1) is 0 Å². The highest BCUT2D eigenvalue weighted by Crippen LogP contribution is 2.24. The van der Waals surface area contributed by atoms with E-state index in [1.807, 2.05) is 13.1 Å². The topological polar surface area (TPSA) is 21.3 Å². The lowest BCUT2D eigenvalue weighted by Crippen LogP contribution is -2.14. The molecule has 112 valence electrons. The summed E-state index contributed by atoms with van der Waals surface area (Å²) in [6.45, 7) is 2.93. The molecule has 0 aliphatic carbocycles. The number of hydrogen-bond donors (Lipinski definition) is 1. The van der Waals surface area contributed by atoms with Crippen LogP contribution in [0.15, 0.2) is 54.6 Å². The van der Waals surface area contributed by atoms with Crippen molar-refractivity contribution in [1.29, 1.82) is 0 Å². The molecule has 0 bridgehead atoms. The Balaban J connectivity index is 1.76. The Hall–Kier alpha value is -1.80. The summed E-state index contributed by atoms with van der Waals surface area (Å²) < 4.78 is 5.96. The molecule has 0 aliphatic rings. The van der Waals surface area contributed by atoms with E-state index < -0.39 is 0 Å². The summed E-state index contributed by atoms with van der Waals surface area (Å²) in [7, 11) is 1.97. The van der Waals surface area contributed by atoms with Gasteiger partial charge in [0.15, 0.2) is 0 Å². The minimum Gasteiger partial charge on any atom is -0.493 e. The maximum absolute atomic E-state index is 5.96. The van der Waals surface area contributed by atoms with E-state index in [2.05, 4.69) is 60.8 Å². The minimum absolute atomic E-state index is 0.311. The number of rotatable bonds is 8. The van der Waals surface area contributed by atoms with Crippen LogP contribution in [-0.4, -0.2) is 13.7 Å². The van der Waals surface area contributed by atoms with Crippen molar-refractivity contribution in [2.45, 2.75) is 32.2 Å². The summed E-state index contributed by atoms with van der Waals surface area (Å²) in [6.07, 6.45) is 3.36. The Morgan fingerprint density at radius 2 is 1.67 bits per heavy atom. The smallest absolute Gasteiger partial charge is 0.124 e. The van der Waals surface area contributed by atoms with E-state index >= 15 is 0 Å². The van der Waals surface area contributed by atoms with Gasteiger partial charge < -0.3 is 10.1 Å². The van der Waals surface area contributed by atoms with Crippen LogP contribution in [0.5, 0.6) is 5.75 Å². The average molecular weight is 283 g/mol. The quantitative estimate of drug-likeness (QED) is 0.726. The van der Waals surface area contributed by atoms with Crippen molar-refractivity contribution < 1.29 is 4.74 Å². The van der Waals surface area contributed by atoms with Crippen LogP contribution in [-0.2, 0) is 6.42 Å². The highest BCUT2D eigenvalue weighted by Gasteiger charge is 2.08. The fourth-order valence-electron chi connectivity index (χ4n) is 2.38. The van der Waals surface area contributed by atoms with Gasteiger partial charge in [-0.2, -0.15) is 0 Å². The van der Waals surface area contributed by atoms with E-state index in [1.54, 1.807) is 0 Å².